The molecule has 0 radical (unpaired) electrons. The monoisotopic (exact) mass is 345 g/mol. The van der Waals surface area contributed by atoms with Crippen LogP contribution in [0.4, 0.5) is 0 Å². The van der Waals surface area contributed by atoms with Crippen molar-refractivity contribution in [2.45, 2.75) is 60.2 Å². The lowest BCUT2D eigenvalue weighted by atomic mass is 9.95. The number of rotatable bonds is 5. The van der Waals surface area contributed by atoms with Crippen molar-refractivity contribution in [2.75, 3.05) is 0 Å². The molecule has 1 atom stereocenters. The molecule has 2 rings (SSSR count). The number of hydrogen-bond acceptors (Lipinski definition) is 4. The van der Waals surface area contributed by atoms with Crippen LogP contribution in [0.15, 0.2) is 24.3 Å². The van der Waals surface area contributed by atoms with Crippen molar-refractivity contribution in [2.24, 2.45) is 5.41 Å². The first-order valence-corrected chi connectivity index (χ1v) is 8.55. The zero-order valence-corrected chi connectivity index (χ0v) is 15.8. The Balaban J connectivity index is 2.36. The van der Waals surface area contributed by atoms with Crippen molar-refractivity contribution in [3.63, 3.8) is 0 Å². The van der Waals surface area contributed by atoms with Crippen molar-refractivity contribution in [3.05, 3.63) is 30.1 Å². The fraction of sp³-hybridized carbons (Fsp3) is 0.526. The van der Waals surface area contributed by atoms with Crippen LogP contribution in [0.1, 0.15) is 53.4 Å². The number of para-hydroxylation sites is 2. The van der Waals surface area contributed by atoms with Gasteiger partial charge in [0, 0.05) is 5.41 Å². The Morgan fingerprint density at radius 3 is 2.44 bits per heavy atom. The van der Waals surface area contributed by atoms with E-state index in [-0.39, 0.29) is 30.6 Å². The number of imidazole rings is 1. The van der Waals surface area contributed by atoms with Crippen molar-refractivity contribution in [1.82, 2.24) is 14.9 Å². The maximum Gasteiger partial charge on any atom is 0.326 e. The predicted molar refractivity (Wildman–Crippen MR) is 97.0 cm³/mol. The molecule has 0 aliphatic rings. The molecular formula is C19H27N3O3. The first-order chi connectivity index (χ1) is 11.6. The molecule has 0 spiro atoms. The fourth-order valence-corrected chi connectivity index (χ4v) is 2.50. The number of nitrogens with zero attached hydrogens (tertiary/aromatic N) is 2. The highest BCUT2D eigenvalue weighted by atomic mass is 16.5. The van der Waals surface area contributed by atoms with Gasteiger partial charge in [-0.05, 0) is 32.9 Å². The first-order valence-electron chi connectivity index (χ1n) is 8.55. The highest BCUT2D eigenvalue weighted by molar-refractivity contribution is 5.82. The van der Waals surface area contributed by atoms with Gasteiger partial charge in [0.15, 0.2) is 0 Å². The van der Waals surface area contributed by atoms with E-state index < -0.39 is 5.41 Å². The molecule has 0 bridgehead atoms. The van der Waals surface area contributed by atoms with Crippen LogP contribution >= 0.6 is 0 Å². The van der Waals surface area contributed by atoms with Gasteiger partial charge < -0.3 is 14.6 Å². The second kappa shape index (κ2) is 7.25. The summed E-state index contributed by atoms with van der Waals surface area (Å²) in [5.74, 6) is 0.247. The minimum absolute atomic E-state index is 0.0593. The number of fused-ring (bicyclic) bond motifs is 1. The summed E-state index contributed by atoms with van der Waals surface area (Å²) in [5, 5.41) is 2.98. The van der Waals surface area contributed by atoms with E-state index in [1.807, 2.05) is 70.4 Å². The lowest BCUT2D eigenvalue weighted by Crippen LogP contribution is -2.37. The van der Waals surface area contributed by atoms with Crippen LogP contribution in [0.2, 0.25) is 0 Å². The van der Waals surface area contributed by atoms with Crippen molar-refractivity contribution in [1.29, 1.82) is 0 Å². The van der Waals surface area contributed by atoms with E-state index in [9.17, 15) is 9.59 Å². The molecule has 1 heterocycles. The molecule has 136 valence electrons. The number of amides is 1. The molecule has 2 aromatic rings. The second-order valence-electron chi connectivity index (χ2n) is 7.53. The van der Waals surface area contributed by atoms with E-state index in [1.54, 1.807) is 0 Å². The molecule has 1 N–H and O–H groups in total. The molecule has 1 aromatic carbocycles. The highest BCUT2D eigenvalue weighted by Gasteiger charge is 2.26. The SMILES string of the molecule is CC(C)OC(=O)Cn1c(C(C)NC(=O)C(C)(C)C)nc2ccccc21. The van der Waals surface area contributed by atoms with Crippen molar-refractivity contribution >= 4 is 22.9 Å². The van der Waals surface area contributed by atoms with Crippen LogP contribution in [0.5, 0.6) is 0 Å². The maximum atomic E-state index is 12.3. The molecule has 6 nitrogen and oxygen atoms in total. The summed E-state index contributed by atoms with van der Waals surface area (Å²) < 4.78 is 7.08. The van der Waals surface area contributed by atoms with E-state index >= 15 is 0 Å². The number of hydrogen-bond donors (Lipinski definition) is 1. The number of aromatic nitrogens is 2. The fourth-order valence-electron chi connectivity index (χ4n) is 2.50. The zero-order valence-electron chi connectivity index (χ0n) is 15.8. The Morgan fingerprint density at radius 2 is 1.84 bits per heavy atom. The second-order valence-corrected chi connectivity index (χ2v) is 7.53. The summed E-state index contributed by atoms with van der Waals surface area (Å²) in [5.41, 5.74) is 1.13. The minimum Gasteiger partial charge on any atom is -0.462 e. The number of benzene rings is 1. The van der Waals surface area contributed by atoms with Gasteiger partial charge in [0.1, 0.15) is 12.4 Å². The van der Waals surface area contributed by atoms with Gasteiger partial charge in [0.2, 0.25) is 5.91 Å². The number of carbonyl (C=O) groups is 2. The third kappa shape index (κ3) is 4.59. The van der Waals surface area contributed by atoms with Crippen LogP contribution in [-0.4, -0.2) is 27.5 Å². The van der Waals surface area contributed by atoms with Crippen LogP contribution in [-0.2, 0) is 20.9 Å². The highest BCUT2D eigenvalue weighted by Crippen LogP contribution is 2.22. The number of carbonyl (C=O) groups excluding carboxylic acids is 2. The van der Waals surface area contributed by atoms with Gasteiger partial charge >= 0.3 is 5.97 Å². The van der Waals surface area contributed by atoms with Gasteiger partial charge in [-0.15, -0.1) is 0 Å². The van der Waals surface area contributed by atoms with Gasteiger partial charge in [-0.3, -0.25) is 9.59 Å². The first kappa shape index (κ1) is 19.0. The van der Waals surface area contributed by atoms with E-state index in [0.717, 1.165) is 11.0 Å². The molecule has 6 heteroatoms. The molecule has 25 heavy (non-hydrogen) atoms. The number of nitrogens with one attached hydrogen (secondary N) is 1. The smallest absolute Gasteiger partial charge is 0.326 e. The molecule has 0 aliphatic carbocycles. The Kier molecular flexibility index (Phi) is 5.50. The van der Waals surface area contributed by atoms with Gasteiger partial charge in [0.25, 0.3) is 0 Å². The van der Waals surface area contributed by atoms with E-state index in [4.69, 9.17) is 4.74 Å². The Bertz CT molecular complexity index is 772. The van der Waals surface area contributed by atoms with E-state index in [0.29, 0.717) is 5.82 Å². The van der Waals surface area contributed by atoms with Gasteiger partial charge in [-0.1, -0.05) is 32.9 Å². The van der Waals surface area contributed by atoms with Gasteiger partial charge in [-0.2, -0.15) is 0 Å². The molecule has 1 aromatic heterocycles. The summed E-state index contributed by atoms with van der Waals surface area (Å²) in [4.78, 5) is 29.1. The quantitative estimate of drug-likeness (QED) is 0.845. The van der Waals surface area contributed by atoms with Crippen molar-refractivity contribution in [3.8, 4) is 0 Å². The molecule has 0 aliphatic heterocycles. The Hall–Kier alpha value is -2.37. The molecule has 1 amide bonds. The summed E-state index contributed by atoms with van der Waals surface area (Å²) in [6, 6.07) is 7.27. The molecule has 0 saturated carbocycles. The predicted octanol–water partition coefficient (Wildman–Crippen LogP) is 3.21. The number of esters is 1. The van der Waals surface area contributed by atoms with Gasteiger partial charge in [0.05, 0.1) is 23.2 Å². The van der Waals surface area contributed by atoms with Crippen LogP contribution in [0.3, 0.4) is 0 Å². The summed E-state index contributed by atoms with van der Waals surface area (Å²) >= 11 is 0. The standard InChI is InChI=1S/C19H27N3O3/c1-12(2)25-16(23)11-22-15-10-8-7-9-14(15)21-17(22)13(3)20-18(24)19(4,5)6/h7-10,12-13H,11H2,1-6H3,(H,20,24). The molecule has 1 unspecified atom stereocenters. The summed E-state index contributed by atoms with van der Waals surface area (Å²) in [7, 11) is 0. The zero-order chi connectivity index (χ0) is 18.8. The van der Waals surface area contributed by atoms with Crippen LogP contribution in [0, 0.1) is 5.41 Å². The average molecular weight is 345 g/mol. The largest absolute Gasteiger partial charge is 0.462 e. The van der Waals surface area contributed by atoms with E-state index in [1.165, 1.54) is 0 Å². The van der Waals surface area contributed by atoms with Crippen LogP contribution < -0.4 is 5.32 Å². The lowest BCUT2D eigenvalue weighted by molar-refractivity contribution is -0.148. The Labute approximate surface area is 148 Å². The lowest BCUT2D eigenvalue weighted by Gasteiger charge is -2.22. The topological polar surface area (TPSA) is 73.2 Å². The number of ether oxygens (including phenoxy) is 1. The molecular weight excluding hydrogens is 318 g/mol. The summed E-state index contributed by atoms with van der Waals surface area (Å²) in [6.45, 7) is 11.1. The molecule has 0 saturated heterocycles. The Morgan fingerprint density at radius 1 is 1.20 bits per heavy atom. The van der Waals surface area contributed by atoms with Crippen LogP contribution in [0.25, 0.3) is 11.0 Å². The average Bonchev–Trinajstić information content (AvgIpc) is 2.84. The normalized spacial score (nSPS) is 13.1. The van der Waals surface area contributed by atoms with Gasteiger partial charge in [-0.25, -0.2) is 4.98 Å². The van der Waals surface area contributed by atoms with Crippen molar-refractivity contribution < 1.29 is 14.3 Å². The minimum atomic E-state index is -0.498. The summed E-state index contributed by atoms with van der Waals surface area (Å²) in [6.07, 6.45) is -0.177. The third-order valence-corrected chi connectivity index (χ3v) is 3.75. The third-order valence-electron chi connectivity index (χ3n) is 3.75. The maximum absolute atomic E-state index is 12.3. The molecule has 0 fully saturated rings. The van der Waals surface area contributed by atoms with E-state index in [2.05, 4.69) is 10.3 Å².